The minimum atomic E-state index is -0.572. The SMILES string of the molecule is CCOC(=O)c1cc(NC(C)(C)COC)c(F)cc1N. The van der Waals surface area contributed by atoms with Gasteiger partial charge in [0.25, 0.3) is 0 Å². The maximum Gasteiger partial charge on any atom is 0.340 e. The third-order valence-electron chi connectivity index (χ3n) is 2.61. The molecule has 0 saturated carbocycles. The van der Waals surface area contributed by atoms with Gasteiger partial charge < -0.3 is 20.5 Å². The van der Waals surface area contributed by atoms with E-state index >= 15 is 0 Å². The molecule has 6 heteroatoms. The third kappa shape index (κ3) is 4.09. The summed E-state index contributed by atoms with van der Waals surface area (Å²) in [5, 5.41) is 2.99. The zero-order valence-corrected chi connectivity index (χ0v) is 12.2. The molecule has 0 aliphatic rings. The van der Waals surface area contributed by atoms with Crippen molar-refractivity contribution in [3.63, 3.8) is 0 Å². The van der Waals surface area contributed by atoms with E-state index in [9.17, 15) is 9.18 Å². The zero-order chi connectivity index (χ0) is 15.3. The van der Waals surface area contributed by atoms with Crippen molar-refractivity contribution in [1.82, 2.24) is 0 Å². The Bertz CT molecular complexity index is 490. The number of benzene rings is 1. The largest absolute Gasteiger partial charge is 0.462 e. The van der Waals surface area contributed by atoms with Gasteiger partial charge in [0, 0.05) is 12.8 Å². The van der Waals surface area contributed by atoms with Crippen molar-refractivity contribution in [2.75, 3.05) is 31.4 Å². The highest BCUT2D eigenvalue weighted by Gasteiger charge is 2.21. The van der Waals surface area contributed by atoms with Crippen molar-refractivity contribution in [2.45, 2.75) is 26.3 Å². The molecular weight excluding hydrogens is 263 g/mol. The van der Waals surface area contributed by atoms with E-state index in [-0.39, 0.29) is 23.5 Å². The van der Waals surface area contributed by atoms with Gasteiger partial charge in [-0.3, -0.25) is 0 Å². The number of carbonyl (C=O) groups is 1. The number of nitrogens with one attached hydrogen (secondary N) is 1. The van der Waals surface area contributed by atoms with Gasteiger partial charge in [0.05, 0.1) is 30.0 Å². The van der Waals surface area contributed by atoms with E-state index < -0.39 is 17.3 Å². The Morgan fingerprint density at radius 2 is 2.10 bits per heavy atom. The van der Waals surface area contributed by atoms with Crippen molar-refractivity contribution in [2.24, 2.45) is 0 Å². The predicted molar refractivity (Wildman–Crippen MR) is 76.3 cm³/mol. The molecule has 0 heterocycles. The van der Waals surface area contributed by atoms with Gasteiger partial charge in [0.1, 0.15) is 5.82 Å². The number of carbonyl (C=O) groups excluding carboxylic acids is 1. The lowest BCUT2D eigenvalue weighted by atomic mass is 10.1. The summed E-state index contributed by atoms with van der Waals surface area (Å²) in [6, 6.07) is 2.47. The Balaban J connectivity index is 3.08. The Morgan fingerprint density at radius 3 is 2.65 bits per heavy atom. The van der Waals surface area contributed by atoms with Crippen LogP contribution in [0, 0.1) is 5.82 Å². The molecular formula is C14H21FN2O3. The van der Waals surface area contributed by atoms with E-state index in [4.69, 9.17) is 15.2 Å². The average Bonchev–Trinajstić information content (AvgIpc) is 2.32. The molecule has 1 rings (SSSR count). The minimum Gasteiger partial charge on any atom is -0.462 e. The lowest BCUT2D eigenvalue weighted by Crippen LogP contribution is -2.36. The summed E-state index contributed by atoms with van der Waals surface area (Å²) in [7, 11) is 1.56. The molecule has 112 valence electrons. The van der Waals surface area contributed by atoms with E-state index in [1.54, 1.807) is 14.0 Å². The molecule has 0 fully saturated rings. The van der Waals surface area contributed by atoms with Crippen LogP contribution >= 0.6 is 0 Å². The van der Waals surface area contributed by atoms with Crippen LogP contribution in [0.15, 0.2) is 12.1 Å². The summed E-state index contributed by atoms with van der Waals surface area (Å²) < 4.78 is 23.9. The summed E-state index contributed by atoms with van der Waals surface area (Å²) in [4.78, 5) is 11.7. The summed E-state index contributed by atoms with van der Waals surface area (Å²) >= 11 is 0. The van der Waals surface area contributed by atoms with Gasteiger partial charge in [-0.15, -0.1) is 0 Å². The number of hydrogen-bond donors (Lipinski definition) is 2. The average molecular weight is 284 g/mol. The van der Waals surface area contributed by atoms with Crippen LogP contribution in [0.25, 0.3) is 0 Å². The van der Waals surface area contributed by atoms with E-state index in [1.165, 1.54) is 6.07 Å². The molecule has 0 atom stereocenters. The highest BCUT2D eigenvalue weighted by Crippen LogP contribution is 2.25. The fourth-order valence-corrected chi connectivity index (χ4v) is 1.83. The summed E-state index contributed by atoms with van der Waals surface area (Å²) in [5.74, 6) is -1.10. The molecule has 20 heavy (non-hydrogen) atoms. The van der Waals surface area contributed by atoms with Gasteiger partial charge in [-0.1, -0.05) is 0 Å². The number of methoxy groups -OCH3 is 1. The fourth-order valence-electron chi connectivity index (χ4n) is 1.83. The normalized spacial score (nSPS) is 11.2. The van der Waals surface area contributed by atoms with Crippen LogP contribution in [0.4, 0.5) is 15.8 Å². The van der Waals surface area contributed by atoms with Crippen molar-refractivity contribution in [1.29, 1.82) is 0 Å². The second-order valence-electron chi connectivity index (χ2n) is 5.08. The van der Waals surface area contributed by atoms with E-state index in [0.29, 0.717) is 6.61 Å². The second-order valence-corrected chi connectivity index (χ2v) is 5.08. The summed E-state index contributed by atoms with van der Waals surface area (Å²) in [6.07, 6.45) is 0. The quantitative estimate of drug-likeness (QED) is 0.620. The van der Waals surface area contributed by atoms with Crippen LogP contribution in [-0.2, 0) is 9.47 Å². The monoisotopic (exact) mass is 284 g/mol. The molecule has 0 spiro atoms. The lowest BCUT2D eigenvalue weighted by Gasteiger charge is -2.27. The zero-order valence-electron chi connectivity index (χ0n) is 12.2. The number of hydrogen-bond acceptors (Lipinski definition) is 5. The minimum absolute atomic E-state index is 0.0519. The number of nitrogens with two attached hydrogens (primary N) is 1. The van der Waals surface area contributed by atoms with Crippen molar-refractivity contribution < 1.29 is 18.7 Å². The number of nitrogen functional groups attached to an aromatic ring is 1. The van der Waals surface area contributed by atoms with Gasteiger partial charge in [-0.2, -0.15) is 0 Å². The van der Waals surface area contributed by atoms with E-state index in [1.807, 2.05) is 13.8 Å². The van der Waals surface area contributed by atoms with Crippen LogP contribution in [0.1, 0.15) is 31.1 Å². The van der Waals surface area contributed by atoms with Gasteiger partial charge in [-0.05, 0) is 32.9 Å². The first-order valence-electron chi connectivity index (χ1n) is 6.34. The highest BCUT2D eigenvalue weighted by atomic mass is 19.1. The topological polar surface area (TPSA) is 73.6 Å². The molecule has 0 aromatic heterocycles. The van der Waals surface area contributed by atoms with Crippen molar-refractivity contribution >= 4 is 17.3 Å². The molecule has 0 aliphatic carbocycles. The lowest BCUT2D eigenvalue weighted by molar-refractivity contribution is 0.0527. The van der Waals surface area contributed by atoms with Crippen LogP contribution in [-0.4, -0.2) is 31.8 Å². The summed E-state index contributed by atoms with van der Waals surface area (Å²) in [5.41, 5.74) is 5.54. The van der Waals surface area contributed by atoms with Crippen LogP contribution in [0.5, 0.6) is 0 Å². The Morgan fingerprint density at radius 1 is 1.45 bits per heavy atom. The first-order chi connectivity index (χ1) is 9.30. The van der Waals surface area contributed by atoms with E-state index in [0.717, 1.165) is 6.07 Å². The Kier molecular flexibility index (Phi) is 5.33. The second kappa shape index (κ2) is 6.56. The molecule has 0 bridgehead atoms. The van der Waals surface area contributed by atoms with Gasteiger partial charge >= 0.3 is 5.97 Å². The van der Waals surface area contributed by atoms with Crippen molar-refractivity contribution in [3.05, 3.63) is 23.5 Å². The molecule has 1 aromatic rings. The van der Waals surface area contributed by atoms with Crippen LogP contribution in [0.2, 0.25) is 0 Å². The fraction of sp³-hybridized carbons (Fsp3) is 0.500. The molecule has 5 nitrogen and oxygen atoms in total. The smallest absolute Gasteiger partial charge is 0.340 e. The predicted octanol–water partition coefficient (Wildman–Crippen LogP) is 2.42. The van der Waals surface area contributed by atoms with Gasteiger partial charge in [-0.25, -0.2) is 9.18 Å². The maximum atomic E-state index is 13.9. The number of esters is 1. The van der Waals surface area contributed by atoms with Gasteiger partial charge in [0.2, 0.25) is 0 Å². The number of anilines is 2. The van der Waals surface area contributed by atoms with Gasteiger partial charge in [0.15, 0.2) is 0 Å². The van der Waals surface area contributed by atoms with Crippen molar-refractivity contribution in [3.8, 4) is 0 Å². The standard InChI is InChI=1S/C14H21FN2O3/c1-5-20-13(18)9-6-12(10(15)7-11(9)16)17-14(2,3)8-19-4/h6-7,17H,5,8,16H2,1-4H3. The maximum absolute atomic E-state index is 13.9. The Labute approximate surface area is 118 Å². The number of ether oxygens (including phenoxy) is 2. The first kappa shape index (κ1) is 16.2. The molecule has 0 unspecified atom stereocenters. The molecule has 0 amide bonds. The van der Waals surface area contributed by atoms with Crippen LogP contribution in [0.3, 0.4) is 0 Å². The molecule has 3 N–H and O–H groups in total. The highest BCUT2D eigenvalue weighted by molar-refractivity contribution is 5.96. The van der Waals surface area contributed by atoms with Crippen LogP contribution < -0.4 is 11.1 Å². The summed E-state index contributed by atoms with van der Waals surface area (Å²) in [6.45, 7) is 6.02. The number of rotatable bonds is 6. The molecule has 0 radical (unpaired) electrons. The van der Waals surface area contributed by atoms with E-state index in [2.05, 4.69) is 5.32 Å². The molecule has 0 aliphatic heterocycles. The Hall–Kier alpha value is -1.82. The molecule has 0 saturated heterocycles. The molecule has 1 aromatic carbocycles. The number of halogens is 1. The third-order valence-corrected chi connectivity index (χ3v) is 2.61. The first-order valence-corrected chi connectivity index (χ1v) is 6.34.